The number of benzene rings is 1. The summed E-state index contributed by atoms with van der Waals surface area (Å²) in [5.41, 5.74) is 1.90. The van der Waals surface area contributed by atoms with Crippen LogP contribution in [0.2, 0.25) is 0 Å². The Kier molecular flexibility index (Phi) is 5.94. The molecule has 1 amide bonds. The Morgan fingerprint density at radius 3 is 2.36 bits per heavy atom. The second kappa shape index (κ2) is 8.17. The fourth-order valence-electron chi connectivity index (χ4n) is 1.99. The van der Waals surface area contributed by atoms with Crippen LogP contribution in [-0.2, 0) is 11.3 Å². The lowest BCUT2D eigenvalue weighted by Crippen LogP contribution is -2.22. The predicted octanol–water partition coefficient (Wildman–Crippen LogP) is 2.44. The minimum atomic E-state index is 0.104. The first-order valence-corrected chi connectivity index (χ1v) is 7.59. The van der Waals surface area contributed by atoms with Crippen molar-refractivity contribution in [3.63, 3.8) is 0 Å². The van der Waals surface area contributed by atoms with Gasteiger partial charge in [-0.05, 0) is 18.9 Å². The average molecular weight is 299 g/mol. The molecule has 0 aliphatic heterocycles. The van der Waals surface area contributed by atoms with E-state index < -0.39 is 0 Å². The van der Waals surface area contributed by atoms with Crippen molar-refractivity contribution >= 4 is 5.91 Å². The maximum atomic E-state index is 11.7. The van der Waals surface area contributed by atoms with Crippen LogP contribution in [0, 0.1) is 6.92 Å². The number of hydrogen-bond acceptors (Lipinski definition) is 5. The second-order valence-electron chi connectivity index (χ2n) is 5.20. The highest BCUT2D eigenvalue weighted by atomic mass is 16.1. The van der Waals surface area contributed by atoms with Crippen LogP contribution in [0.25, 0.3) is 11.4 Å². The number of carbonyl (C=O) groups is 1. The minimum absolute atomic E-state index is 0.104. The summed E-state index contributed by atoms with van der Waals surface area (Å²) in [6, 6.07) is 7.72. The maximum absolute atomic E-state index is 11.7. The van der Waals surface area contributed by atoms with Crippen molar-refractivity contribution in [3.05, 3.63) is 35.7 Å². The van der Waals surface area contributed by atoms with Gasteiger partial charge < -0.3 is 5.32 Å². The van der Waals surface area contributed by atoms with Crippen LogP contribution in [0.1, 0.15) is 44.0 Å². The molecule has 0 unspecified atom stereocenters. The predicted molar refractivity (Wildman–Crippen MR) is 83.8 cm³/mol. The lowest BCUT2D eigenvalue weighted by molar-refractivity contribution is -0.121. The SMILES string of the molecule is CCCCCC(=O)NCc1ccc(-c2nnc(C)nn2)cc1. The highest BCUT2D eigenvalue weighted by molar-refractivity contribution is 5.75. The Morgan fingerprint density at radius 2 is 1.73 bits per heavy atom. The van der Waals surface area contributed by atoms with Crippen LogP contribution in [-0.4, -0.2) is 26.3 Å². The fourth-order valence-corrected chi connectivity index (χ4v) is 1.99. The van der Waals surface area contributed by atoms with E-state index in [0.717, 1.165) is 30.4 Å². The van der Waals surface area contributed by atoms with Gasteiger partial charge in [0.05, 0.1) is 0 Å². The third kappa shape index (κ3) is 4.87. The van der Waals surface area contributed by atoms with Crippen LogP contribution in [0.5, 0.6) is 0 Å². The van der Waals surface area contributed by atoms with Crippen LogP contribution >= 0.6 is 0 Å². The van der Waals surface area contributed by atoms with Gasteiger partial charge in [0, 0.05) is 18.5 Å². The molecular weight excluding hydrogens is 278 g/mol. The molecule has 0 bridgehead atoms. The molecule has 0 atom stereocenters. The van der Waals surface area contributed by atoms with E-state index in [9.17, 15) is 4.79 Å². The summed E-state index contributed by atoms with van der Waals surface area (Å²) >= 11 is 0. The van der Waals surface area contributed by atoms with Gasteiger partial charge in [0.15, 0.2) is 5.82 Å². The highest BCUT2D eigenvalue weighted by Gasteiger charge is 2.04. The van der Waals surface area contributed by atoms with E-state index in [1.165, 1.54) is 0 Å². The molecule has 0 spiro atoms. The van der Waals surface area contributed by atoms with Crippen molar-refractivity contribution in [2.75, 3.05) is 0 Å². The van der Waals surface area contributed by atoms with Gasteiger partial charge in [0.25, 0.3) is 0 Å². The van der Waals surface area contributed by atoms with Crippen LogP contribution in [0.3, 0.4) is 0 Å². The van der Waals surface area contributed by atoms with Gasteiger partial charge in [-0.2, -0.15) is 0 Å². The van der Waals surface area contributed by atoms with Crippen molar-refractivity contribution in [1.82, 2.24) is 25.7 Å². The first-order chi connectivity index (χ1) is 10.7. The summed E-state index contributed by atoms with van der Waals surface area (Å²) < 4.78 is 0. The average Bonchev–Trinajstić information content (AvgIpc) is 2.54. The second-order valence-corrected chi connectivity index (χ2v) is 5.20. The number of carbonyl (C=O) groups excluding carboxylic acids is 1. The summed E-state index contributed by atoms with van der Waals surface area (Å²) in [6.07, 6.45) is 3.77. The van der Waals surface area contributed by atoms with Crippen molar-refractivity contribution in [2.45, 2.75) is 46.1 Å². The monoisotopic (exact) mass is 299 g/mol. The van der Waals surface area contributed by atoms with E-state index in [0.29, 0.717) is 24.6 Å². The molecule has 1 heterocycles. The van der Waals surface area contributed by atoms with Crippen LogP contribution in [0.4, 0.5) is 0 Å². The molecule has 6 nitrogen and oxygen atoms in total. The molecule has 0 saturated heterocycles. The smallest absolute Gasteiger partial charge is 0.220 e. The molecule has 22 heavy (non-hydrogen) atoms. The maximum Gasteiger partial charge on any atom is 0.220 e. The molecule has 0 radical (unpaired) electrons. The topological polar surface area (TPSA) is 80.7 Å². The van der Waals surface area contributed by atoms with E-state index in [1.54, 1.807) is 6.92 Å². The van der Waals surface area contributed by atoms with E-state index in [2.05, 4.69) is 32.6 Å². The molecule has 2 aromatic rings. The Hall–Kier alpha value is -2.37. The third-order valence-corrected chi connectivity index (χ3v) is 3.29. The first kappa shape index (κ1) is 16.0. The Bertz CT molecular complexity index is 595. The quantitative estimate of drug-likeness (QED) is 0.794. The van der Waals surface area contributed by atoms with Crippen molar-refractivity contribution in [1.29, 1.82) is 0 Å². The molecule has 1 aromatic carbocycles. The molecule has 0 fully saturated rings. The van der Waals surface area contributed by atoms with E-state index in [4.69, 9.17) is 0 Å². The number of aryl methyl sites for hydroxylation is 1. The largest absolute Gasteiger partial charge is 0.352 e. The number of hydrogen-bond donors (Lipinski definition) is 1. The van der Waals surface area contributed by atoms with Gasteiger partial charge in [-0.1, -0.05) is 44.0 Å². The van der Waals surface area contributed by atoms with Crippen molar-refractivity contribution in [2.24, 2.45) is 0 Å². The number of nitrogens with one attached hydrogen (secondary N) is 1. The number of rotatable bonds is 7. The molecule has 0 saturated carbocycles. The van der Waals surface area contributed by atoms with Crippen molar-refractivity contribution in [3.8, 4) is 11.4 Å². The number of amides is 1. The summed E-state index contributed by atoms with van der Waals surface area (Å²) in [5, 5.41) is 18.7. The molecule has 1 aromatic heterocycles. The van der Waals surface area contributed by atoms with Gasteiger partial charge in [0.2, 0.25) is 11.7 Å². The summed E-state index contributed by atoms with van der Waals surface area (Å²) in [6.45, 7) is 4.41. The number of nitrogens with zero attached hydrogens (tertiary/aromatic N) is 4. The van der Waals surface area contributed by atoms with Gasteiger partial charge in [-0.15, -0.1) is 20.4 Å². The summed E-state index contributed by atoms with van der Waals surface area (Å²) in [7, 11) is 0. The molecule has 2 rings (SSSR count). The zero-order valence-electron chi connectivity index (χ0n) is 13.0. The Morgan fingerprint density at radius 1 is 1.05 bits per heavy atom. The zero-order valence-corrected chi connectivity index (χ0v) is 13.0. The summed E-state index contributed by atoms with van der Waals surface area (Å²) in [5.74, 6) is 1.15. The minimum Gasteiger partial charge on any atom is -0.352 e. The normalized spacial score (nSPS) is 10.5. The zero-order chi connectivity index (χ0) is 15.8. The van der Waals surface area contributed by atoms with E-state index in [1.807, 2.05) is 24.3 Å². The lowest BCUT2D eigenvalue weighted by atomic mass is 10.1. The molecule has 0 aliphatic rings. The molecule has 1 N–H and O–H groups in total. The Balaban J connectivity index is 1.86. The van der Waals surface area contributed by atoms with Gasteiger partial charge in [0.1, 0.15) is 0 Å². The van der Waals surface area contributed by atoms with Crippen LogP contribution < -0.4 is 5.32 Å². The van der Waals surface area contributed by atoms with Gasteiger partial charge in [-0.3, -0.25) is 4.79 Å². The number of aromatic nitrogens is 4. The van der Waals surface area contributed by atoms with Gasteiger partial charge in [-0.25, -0.2) is 0 Å². The Labute approximate surface area is 130 Å². The molecule has 116 valence electrons. The molecule has 6 heteroatoms. The van der Waals surface area contributed by atoms with E-state index >= 15 is 0 Å². The van der Waals surface area contributed by atoms with E-state index in [-0.39, 0.29) is 5.91 Å². The number of unbranched alkanes of at least 4 members (excludes halogenated alkanes) is 2. The molecular formula is C16H21N5O. The molecule has 0 aliphatic carbocycles. The third-order valence-electron chi connectivity index (χ3n) is 3.29. The van der Waals surface area contributed by atoms with Crippen molar-refractivity contribution < 1.29 is 4.79 Å². The standard InChI is InChI=1S/C16H21N5O/c1-3-4-5-6-15(22)17-11-13-7-9-14(10-8-13)16-20-18-12(2)19-21-16/h7-10H,3-6,11H2,1-2H3,(H,17,22). The van der Waals surface area contributed by atoms with Gasteiger partial charge >= 0.3 is 0 Å². The summed E-state index contributed by atoms with van der Waals surface area (Å²) in [4.78, 5) is 11.7. The highest BCUT2D eigenvalue weighted by Crippen LogP contribution is 2.14. The first-order valence-electron chi connectivity index (χ1n) is 7.59. The van der Waals surface area contributed by atoms with Crippen LogP contribution in [0.15, 0.2) is 24.3 Å². The lowest BCUT2D eigenvalue weighted by Gasteiger charge is -2.06. The fraction of sp³-hybridized carbons (Fsp3) is 0.438.